The molecular weight excluding hydrogens is 260 g/mol. The van der Waals surface area contributed by atoms with E-state index in [2.05, 4.69) is 15.3 Å². The molecule has 0 aliphatic carbocycles. The van der Waals surface area contributed by atoms with Crippen LogP contribution in [0.25, 0.3) is 0 Å². The van der Waals surface area contributed by atoms with Crippen molar-refractivity contribution < 1.29 is 14.2 Å². The second kappa shape index (κ2) is 6.02. The molecule has 0 aromatic carbocycles. The second-order valence-electron chi connectivity index (χ2n) is 5.19. The van der Waals surface area contributed by atoms with Crippen molar-refractivity contribution in [1.29, 1.82) is 0 Å². The summed E-state index contributed by atoms with van der Waals surface area (Å²) in [5, 5.41) is 7.79. The molecule has 0 spiro atoms. The fraction of sp³-hybridized carbons (Fsp3) is 0.692. The van der Waals surface area contributed by atoms with Crippen molar-refractivity contribution in [2.45, 2.75) is 46.3 Å². The van der Waals surface area contributed by atoms with Crippen LogP contribution in [-0.4, -0.2) is 39.8 Å². The number of amides is 1. The van der Waals surface area contributed by atoms with Crippen LogP contribution >= 0.6 is 0 Å². The summed E-state index contributed by atoms with van der Waals surface area (Å²) >= 11 is 0. The number of carbonyl (C=O) groups excluding carboxylic acids is 1. The SMILES string of the molecule is CCc1nc(CN(C)C(=O)[C@@H]2CC(C(C)C)=NO2)no1. The highest BCUT2D eigenvalue weighted by atomic mass is 16.6. The normalized spacial score (nSPS) is 18.1. The first kappa shape index (κ1) is 14.5. The second-order valence-corrected chi connectivity index (χ2v) is 5.19. The Hall–Kier alpha value is -1.92. The van der Waals surface area contributed by atoms with Gasteiger partial charge in [-0.05, 0) is 5.92 Å². The number of carbonyl (C=O) groups is 1. The largest absolute Gasteiger partial charge is 0.382 e. The fourth-order valence-electron chi connectivity index (χ4n) is 1.90. The topological polar surface area (TPSA) is 80.8 Å². The summed E-state index contributed by atoms with van der Waals surface area (Å²) in [6, 6.07) is 0. The van der Waals surface area contributed by atoms with Crippen LogP contribution in [0.2, 0.25) is 0 Å². The predicted octanol–water partition coefficient (Wildman–Crippen LogP) is 1.39. The van der Waals surface area contributed by atoms with Crippen molar-refractivity contribution >= 4 is 11.6 Å². The van der Waals surface area contributed by atoms with E-state index < -0.39 is 6.10 Å². The van der Waals surface area contributed by atoms with Gasteiger partial charge >= 0.3 is 0 Å². The number of oxime groups is 1. The lowest BCUT2D eigenvalue weighted by Crippen LogP contribution is -2.36. The summed E-state index contributed by atoms with van der Waals surface area (Å²) < 4.78 is 5.02. The van der Waals surface area contributed by atoms with E-state index in [0.29, 0.717) is 37.0 Å². The standard InChI is InChI=1S/C13H20N4O3/c1-5-12-14-11(16-20-12)7-17(4)13(18)10-6-9(8(2)3)15-19-10/h8,10H,5-7H2,1-4H3/t10-/m0/s1. The molecule has 0 bridgehead atoms. The van der Waals surface area contributed by atoms with Crippen molar-refractivity contribution in [3.8, 4) is 0 Å². The van der Waals surface area contributed by atoms with Crippen molar-refractivity contribution in [3.05, 3.63) is 11.7 Å². The summed E-state index contributed by atoms with van der Waals surface area (Å²) in [6.07, 6.45) is 0.699. The molecule has 0 saturated heterocycles. The van der Waals surface area contributed by atoms with Crippen LogP contribution in [-0.2, 0) is 22.6 Å². The highest BCUT2D eigenvalue weighted by Crippen LogP contribution is 2.18. The highest BCUT2D eigenvalue weighted by Gasteiger charge is 2.31. The molecule has 2 heterocycles. The molecule has 7 heteroatoms. The molecule has 0 fully saturated rings. The van der Waals surface area contributed by atoms with E-state index in [1.807, 2.05) is 20.8 Å². The lowest BCUT2D eigenvalue weighted by molar-refractivity contribution is -0.141. The number of nitrogens with zero attached hydrogens (tertiary/aromatic N) is 4. The van der Waals surface area contributed by atoms with Gasteiger partial charge in [-0.25, -0.2) is 0 Å². The molecule has 1 aromatic heterocycles. The lowest BCUT2D eigenvalue weighted by atomic mass is 10.0. The minimum atomic E-state index is -0.532. The molecular formula is C13H20N4O3. The maximum Gasteiger partial charge on any atom is 0.267 e. The molecule has 1 aliphatic heterocycles. The maximum atomic E-state index is 12.2. The van der Waals surface area contributed by atoms with Crippen LogP contribution < -0.4 is 0 Å². The van der Waals surface area contributed by atoms with Crippen LogP contribution in [0.15, 0.2) is 9.68 Å². The average Bonchev–Trinajstić information content (AvgIpc) is 3.06. The molecule has 110 valence electrons. The summed E-state index contributed by atoms with van der Waals surface area (Å²) in [5.74, 6) is 1.25. The molecule has 0 N–H and O–H groups in total. The molecule has 0 saturated carbocycles. The zero-order valence-corrected chi connectivity index (χ0v) is 12.3. The van der Waals surface area contributed by atoms with Gasteiger partial charge in [-0.2, -0.15) is 4.98 Å². The molecule has 1 aliphatic rings. The number of likely N-dealkylation sites (N-methyl/N-ethyl adjacent to an activating group) is 1. The van der Waals surface area contributed by atoms with Gasteiger partial charge in [0.05, 0.1) is 12.3 Å². The third-order valence-electron chi connectivity index (χ3n) is 3.20. The first-order valence-corrected chi connectivity index (χ1v) is 6.80. The summed E-state index contributed by atoms with van der Waals surface area (Å²) in [4.78, 5) is 23.2. The van der Waals surface area contributed by atoms with Gasteiger partial charge in [0.25, 0.3) is 5.91 Å². The van der Waals surface area contributed by atoms with Gasteiger partial charge in [-0.3, -0.25) is 4.79 Å². The maximum absolute atomic E-state index is 12.2. The summed E-state index contributed by atoms with van der Waals surface area (Å²) in [7, 11) is 1.70. The summed E-state index contributed by atoms with van der Waals surface area (Å²) in [5.41, 5.74) is 0.921. The van der Waals surface area contributed by atoms with Crippen LogP contribution in [0.1, 0.15) is 38.9 Å². The quantitative estimate of drug-likeness (QED) is 0.814. The van der Waals surface area contributed by atoms with E-state index in [4.69, 9.17) is 9.36 Å². The Morgan fingerprint density at radius 1 is 1.50 bits per heavy atom. The molecule has 1 amide bonds. The molecule has 1 aromatic rings. The van der Waals surface area contributed by atoms with Gasteiger partial charge in [-0.15, -0.1) is 0 Å². The van der Waals surface area contributed by atoms with Gasteiger partial charge in [0.1, 0.15) is 0 Å². The monoisotopic (exact) mass is 280 g/mol. The lowest BCUT2D eigenvalue weighted by Gasteiger charge is -2.18. The third-order valence-corrected chi connectivity index (χ3v) is 3.20. The number of rotatable bonds is 5. The zero-order chi connectivity index (χ0) is 14.7. The Labute approximate surface area is 118 Å². The van der Waals surface area contributed by atoms with E-state index >= 15 is 0 Å². The van der Waals surface area contributed by atoms with Crippen molar-refractivity contribution in [3.63, 3.8) is 0 Å². The Balaban J connectivity index is 1.90. The molecule has 0 unspecified atom stereocenters. The molecule has 1 atom stereocenters. The van der Waals surface area contributed by atoms with E-state index in [1.165, 1.54) is 4.90 Å². The van der Waals surface area contributed by atoms with Crippen LogP contribution in [0.5, 0.6) is 0 Å². The number of hydrogen-bond donors (Lipinski definition) is 0. The Bertz CT molecular complexity index is 509. The van der Waals surface area contributed by atoms with Gasteiger partial charge in [-0.1, -0.05) is 31.1 Å². The highest BCUT2D eigenvalue weighted by molar-refractivity contribution is 5.93. The van der Waals surface area contributed by atoms with Gasteiger partial charge < -0.3 is 14.3 Å². The molecule has 2 rings (SSSR count). The number of aryl methyl sites for hydroxylation is 1. The first-order valence-electron chi connectivity index (χ1n) is 6.80. The third kappa shape index (κ3) is 3.15. The van der Waals surface area contributed by atoms with E-state index in [1.54, 1.807) is 7.05 Å². The Morgan fingerprint density at radius 3 is 2.80 bits per heavy atom. The van der Waals surface area contributed by atoms with Crippen molar-refractivity contribution in [1.82, 2.24) is 15.0 Å². The number of hydrogen-bond acceptors (Lipinski definition) is 6. The minimum Gasteiger partial charge on any atom is -0.382 e. The first-order chi connectivity index (χ1) is 9.51. The van der Waals surface area contributed by atoms with E-state index in [9.17, 15) is 4.79 Å². The number of aromatic nitrogens is 2. The smallest absolute Gasteiger partial charge is 0.267 e. The van der Waals surface area contributed by atoms with Crippen LogP contribution in [0.3, 0.4) is 0 Å². The van der Waals surface area contributed by atoms with Crippen molar-refractivity contribution in [2.24, 2.45) is 11.1 Å². The Morgan fingerprint density at radius 2 is 2.25 bits per heavy atom. The zero-order valence-electron chi connectivity index (χ0n) is 12.3. The van der Waals surface area contributed by atoms with Crippen LogP contribution in [0.4, 0.5) is 0 Å². The predicted molar refractivity (Wildman–Crippen MR) is 71.9 cm³/mol. The summed E-state index contributed by atoms with van der Waals surface area (Å²) in [6.45, 7) is 6.30. The van der Waals surface area contributed by atoms with Gasteiger partial charge in [0.15, 0.2) is 5.82 Å². The minimum absolute atomic E-state index is 0.118. The molecule has 0 radical (unpaired) electrons. The average molecular weight is 280 g/mol. The van der Waals surface area contributed by atoms with Crippen molar-refractivity contribution in [2.75, 3.05) is 7.05 Å². The molecule has 20 heavy (non-hydrogen) atoms. The van der Waals surface area contributed by atoms with Crippen LogP contribution in [0, 0.1) is 5.92 Å². The fourth-order valence-corrected chi connectivity index (χ4v) is 1.90. The van der Waals surface area contributed by atoms with E-state index in [0.717, 1.165) is 5.71 Å². The Kier molecular flexibility index (Phi) is 4.36. The van der Waals surface area contributed by atoms with Gasteiger partial charge in [0, 0.05) is 19.9 Å². The van der Waals surface area contributed by atoms with E-state index in [-0.39, 0.29) is 5.91 Å². The van der Waals surface area contributed by atoms with Gasteiger partial charge in [0.2, 0.25) is 12.0 Å². The molecule has 7 nitrogen and oxygen atoms in total.